The van der Waals surface area contributed by atoms with E-state index in [-0.39, 0.29) is 18.4 Å². The highest BCUT2D eigenvalue weighted by molar-refractivity contribution is 5.77. The van der Waals surface area contributed by atoms with Crippen molar-refractivity contribution in [3.63, 3.8) is 0 Å². The van der Waals surface area contributed by atoms with Crippen LogP contribution in [0.2, 0.25) is 0 Å². The third-order valence-electron chi connectivity index (χ3n) is 1.42. The number of amides is 1. The summed E-state index contributed by atoms with van der Waals surface area (Å²) in [5, 5.41) is 8.50. The van der Waals surface area contributed by atoms with Gasteiger partial charge in [-0.2, -0.15) is 0 Å². The number of rotatable bonds is 3. The molecule has 0 rings (SSSR count). The van der Waals surface area contributed by atoms with Crippen molar-refractivity contribution >= 4 is 5.91 Å². The summed E-state index contributed by atoms with van der Waals surface area (Å²) < 4.78 is 0. The molecule has 0 saturated heterocycles. The first-order valence-electron chi connectivity index (χ1n) is 3.41. The number of aliphatic hydroxyl groups excluding tert-OH is 1. The molecule has 10 heavy (non-hydrogen) atoms. The molecule has 1 atom stereocenters. The van der Waals surface area contributed by atoms with E-state index >= 15 is 0 Å². The maximum atomic E-state index is 11.0. The Balaban J connectivity index is 3.71. The lowest BCUT2D eigenvalue weighted by atomic mass is 10.1. The van der Waals surface area contributed by atoms with Gasteiger partial charge in [-0.3, -0.25) is 4.79 Å². The van der Waals surface area contributed by atoms with Crippen molar-refractivity contribution in [2.24, 2.45) is 5.92 Å². The van der Waals surface area contributed by atoms with Crippen LogP contribution in [-0.4, -0.2) is 36.6 Å². The molecule has 0 spiro atoms. The van der Waals surface area contributed by atoms with Gasteiger partial charge < -0.3 is 10.0 Å². The summed E-state index contributed by atoms with van der Waals surface area (Å²) in [6.45, 7) is 1.90. The Labute approximate surface area is 61.6 Å². The summed E-state index contributed by atoms with van der Waals surface area (Å²) >= 11 is 0. The molecule has 0 aliphatic heterocycles. The molecule has 0 fully saturated rings. The summed E-state index contributed by atoms with van der Waals surface area (Å²) in [6.07, 6.45) is 0.553. The first-order valence-corrected chi connectivity index (χ1v) is 3.41. The Bertz CT molecular complexity index is 112. The topological polar surface area (TPSA) is 40.5 Å². The molecule has 0 aromatic carbocycles. The Morgan fingerprint density at radius 1 is 1.60 bits per heavy atom. The van der Waals surface area contributed by atoms with Gasteiger partial charge in [0, 0.05) is 26.6 Å². The molecule has 0 aliphatic rings. The van der Waals surface area contributed by atoms with Crippen molar-refractivity contribution in [1.82, 2.24) is 4.90 Å². The molecule has 0 radical (unpaired) electrons. The molecular formula is C7H15NO2. The fourth-order valence-electron chi connectivity index (χ4n) is 0.758. The van der Waals surface area contributed by atoms with Crippen LogP contribution in [0.5, 0.6) is 0 Å². The molecule has 0 bridgehead atoms. The average molecular weight is 145 g/mol. The lowest BCUT2D eigenvalue weighted by Crippen LogP contribution is -2.28. The molecule has 1 amide bonds. The lowest BCUT2D eigenvalue weighted by molar-refractivity contribution is -0.132. The van der Waals surface area contributed by atoms with E-state index in [1.165, 1.54) is 0 Å². The second kappa shape index (κ2) is 4.28. The third-order valence-corrected chi connectivity index (χ3v) is 1.42. The predicted octanol–water partition coefficient (Wildman–Crippen LogP) is 0.0931. The summed E-state index contributed by atoms with van der Waals surface area (Å²) in [5.74, 6) is 0.0223. The minimum absolute atomic E-state index is 0.0556. The van der Waals surface area contributed by atoms with Crippen LogP contribution < -0.4 is 0 Å². The molecule has 0 saturated carbocycles. The van der Waals surface area contributed by atoms with E-state index in [0.29, 0.717) is 6.42 Å². The minimum atomic E-state index is -0.0556. The number of hydrogen-bond acceptors (Lipinski definition) is 2. The zero-order valence-corrected chi connectivity index (χ0v) is 6.79. The first-order chi connectivity index (χ1) is 4.59. The first kappa shape index (κ1) is 9.43. The van der Waals surface area contributed by atoms with Crippen LogP contribution >= 0.6 is 0 Å². The summed E-state index contributed by atoms with van der Waals surface area (Å²) in [6, 6.07) is 0. The van der Waals surface area contributed by atoms with Gasteiger partial charge in [0.25, 0.3) is 0 Å². The van der Waals surface area contributed by atoms with Gasteiger partial charge in [-0.05, 0) is 6.42 Å². The van der Waals surface area contributed by atoms with Crippen LogP contribution in [0.1, 0.15) is 13.3 Å². The van der Waals surface area contributed by atoms with E-state index in [4.69, 9.17) is 5.11 Å². The molecule has 0 aliphatic carbocycles. The molecule has 0 heterocycles. The van der Waals surface area contributed by atoms with E-state index in [0.717, 1.165) is 0 Å². The Morgan fingerprint density at radius 3 is 2.40 bits per heavy atom. The zero-order valence-electron chi connectivity index (χ0n) is 6.79. The average Bonchev–Trinajstić information content (AvgIpc) is 1.87. The highest BCUT2D eigenvalue weighted by Gasteiger charge is 2.12. The van der Waals surface area contributed by atoms with Gasteiger partial charge in [0.15, 0.2) is 0 Å². The van der Waals surface area contributed by atoms with E-state index in [1.54, 1.807) is 19.0 Å². The van der Waals surface area contributed by atoms with E-state index in [2.05, 4.69) is 0 Å². The standard InChI is InChI=1S/C7H15NO2/c1-6(4-5-9)7(10)8(2)3/h6,9H,4-5H2,1-3H3/t6-/m1/s1. The van der Waals surface area contributed by atoms with Gasteiger partial charge in [0.2, 0.25) is 5.91 Å². The SMILES string of the molecule is C[C@H](CCO)C(=O)N(C)C. The Kier molecular flexibility index (Phi) is 4.03. The fourth-order valence-corrected chi connectivity index (χ4v) is 0.758. The highest BCUT2D eigenvalue weighted by atomic mass is 16.3. The van der Waals surface area contributed by atoms with Gasteiger partial charge in [-0.25, -0.2) is 0 Å². The van der Waals surface area contributed by atoms with Gasteiger partial charge in [0.05, 0.1) is 0 Å². The molecule has 3 heteroatoms. The molecule has 0 unspecified atom stereocenters. The fraction of sp³-hybridized carbons (Fsp3) is 0.857. The van der Waals surface area contributed by atoms with E-state index in [9.17, 15) is 4.79 Å². The largest absolute Gasteiger partial charge is 0.396 e. The molecular weight excluding hydrogens is 130 g/mol. The van der Waals surface area contributed by atoms with Crippen LogP contribution in [-0.2, 0) is 4.79 Å². The number of carbonyl (C=O) groups excluding carboxylic acids is 1. The molecule has 0 aromatic heterocycles. The summed E-state index contributed by atoms with van der Waals surface area (Å²) in [7, 11) is 3.44. The van der Waals surface area contributed by atoms with Gasteiger partial charge in [0.1, 0.15) is 0 Å². The van der Waals surface area contributed by atoms with Crippen LogP contribution in [0.4, 0.5) is 0 Å². The monoisotopic (exact) mass is 145 g/mol. The molecule has 60 valence electrons. The number of aliphatic hydroxyl groups is 1. The van der Waals surface area contributed by atoms with Crippen molar-refractivity contribution in [3.8, 4) is 0 Å². The molecule has 3 nitrogen and oxygen atoms in total. The number of carbonyl (C=O) groups is 1. The maximum absolute atomic E-state index is 11.0. The van der Waals surface area contributed by atoms with E-state index < -0.39 is 0 Å². The van der Waals surface area contributed by atoms with Gasteiger partial charge >= 0.3 is 0 Å². The molecule has 1 N–H and O–H groups in total. The maximum Gasteiger partial charge on any atom is 0.224 e. The van der Waals surface area contributed by atoms with Crippen LogP contribution in [0.15, 0.2) is 0 Å². The number of nitrogens with zero attached hydrogens (tertiary/aromatic N) is 1. The van der Waals surface area contributed by atoms with Gasteiger partial charge in [-0.1, -0.05) is 6.92 Å². The predicted molar refractivity (Wildman–Crippen MR) is 39.6 cm³/mol. The van der Waals surface area contributed by atoms with Crippen LogP contribution in [0.25, 0.3) is 0 Å². The van der Waals surface area contributed by atoms with Crippen molar-refractivity contribution in [2.45, 2.75) is 13.3 Å². The van der Waals surface area contributed by atoms with Crippen molar-refractivity contribution in [1.29, 1.82) is 0 Å². The van der Waals surface area contributed by atoms with Gasteiger partial charge in [-0.15, -0.1) is 0 Å². The summed E-state index contributed by atoms with van der Waals surface area (Å²) in [5.41, 5.74) is 0. The van der Waals surface area contributed by atoms with Crippen molar-refractivity contribution < 1.29 is 9.90 Å². The molecule has 0 aromatic rings. The highest BCUT2D eigenvalue weighted by Crippen LogP contribution is 2.02. The summed E-state index contributed by atoms with van der Waals surface area (Å²) in [4.78, 5) is 12.6. The van der Waals surface area contributed by atoms with Crippen LogP contribution in [0, 0.1) is 5.92 Å². The van der Waals surface area contributed by atoms with E-state index in [1.807, 2.05) is 6.92 Å². The lowest BCUT2D eigenvalue weighted by Gasteiger charge is -2.15. The Hall–Kier alpha value is -0.570. The second-order valence-electron chi connectivity index (χ2n) is 2.65. The third kappa shape index (κ3) is 2.82. The Morgan fingerprint density at radius 2 is 2.10 bits per heavy atom. The van der Waals surface area contributed by atoms with Crippen molar-refractivity contribution in [2.75, 3.05) is 20.7 Å². The van der Waals surface area contributed by atoms with Crippen molar-refractivity contribution in [3.05, 3.63) is 0 Å². The number of hydrogen-bond donors (Lipinski definition) is 1. The quantitative estimate of drug-likeness (QED) is 0.611. The van der Waals surface area contributed by atoms with Crippen LogP contribution in [0.3, 0.4) is 0 Å². The second-order valence-corrected chi connectivity index (χ2v) is 2.65. The zero-order chi connectivity index (χ0) is 8.15. The smallest absolute Gasteiger partial charge is 0.224 e. The minimum Gasteiger partial charge on any atom is -0.396 e. The normalized spacial score (nSPS) is 12.8.